The topological polar surface area (TPSA) is 55.1 Å². The van der Waals surface area contributed by atoms with Crippen molar-refractivity contribution in [3.8, 4) is 16.9 Å². The van der Waals surface area contributed by atoms with Gasteiger partial charge in [0.2, 0.25) is 0 Å². The largest absolute Gasteiger partial charge is 0.476 e. The van der Waals surface area contributed by atoms with Crippen LogP contribution < -0.4 is 0 Å². The van der Waals surface area contributed by atoms with E-state index in [0.29, 0.717) is 5.75 Å². The second-order valence-electron chi connectivity index (χ2n) is 5.01. The first-order chi connectivity index (χ1) is 10.8. The zero-order valence-corrected chi connectivity index (χ0v) is 12.4. The summed E-state index contributed by atoms with van der Waals surface area (Å²) in [5.74, 6) is -0.355. The molecule has 0 saturated heterocycles. The number of carbonyl (C=O) groups is 1. The maximum atomic E-state index is 11.5. The fraction of sp³-hybridized carbons (Fsp3) is 0.0588. The van der Waals surface area contributed by atoms with E-state index in [-0.39, 0.29) is 5.69 Å². The number of aromatic nitrogens is 2. The van der Waals surface area contributed by atoms with Gasteiger partial charge in [0.15, 0.2) is 5.69 Å². The molecule has 2 aromatic carbocycles. The predicted molar refractivity (Wildman–Crippen MR) is 85.5 cm³/mol. The van der Waals surface area contributed by atoms with Crippen LogP contribution in [0.15, 0.2) is 59.5 Å². The monoisotopic (exact) mass is 308 g/mol. The number of hydrogen-bond donors (Lipinski definition) is 1. The Morgan fingerprint density at radius 1 is 1.09 bits per heavy atom. The minimum atomic E-state index is -0.981. The van der Waals surface area contributed by atoms with E-state index >= 15 is 0 Å². The molecule has 0 atom stereocenters. The second-order valence-corrected chi connectivity index (χ2v) is 6.03. The second kappa shape index (κ2) is 5.03. The summed E-state index contributed by atoms with van der Waals surface area (Å²) in [6.45, 7) is 0. The highest BCUT2D eigenvalue weighted by atomic mass is 32.2. The van der Waals surface area contributed by atoms with Gasteiger partial charge in [-0.2, -0.15) is 5.10 Å². The number of rotatable bonds is 2. The van der Waals surface area contributed by atoms with E-state index in [4.69, 9.17) is 0 Å². The summed E-state index contributed by atoms with van der Waals surface area (Å²) >= 11 is 1.65. The molecule has 4 rings (SSSR count). The van der Waals surface area contributed by atoms with Crippen LogP contribution in [0.5, 0.6) is 0 Å². The minimum absolute atomic E-state index is 0.140. The van der Waals surface area contributed by atoms with Crippen molar-refractivity contribution < 1.29 is 9.90 Å². The molecule has 1 aliphatic rings. The van der Waals surface area contributed by atoms with Crippen LogP contribution in [-0.4, -0.2) is 20.9 Å². The van der Waals surface area contributed by atoms with Crippen LogP contribution in [0.1, 0.15) is 16.1 Å². The molecule has 1 aliphatic heterocycles. The van der Waals surface area contributed by atoms with Crippen molar-refractivity contribution in [3.05, 3.63) is 65.9 Å². The molecule has 0 spiro atoms. The number of para-hydroxylation sites is 1. The SMILES string of the molecule is O=C(O)c1nn(-c2ccccc2)c2c1CSc1ccccc1-2. The maximum Gasteiger partial charge on any atom is 0.356 e. The summed E-state index contributed by atoms with van der Waals surface area (Å²) < 4.78 is 1.75. The van der Waals surface area contributed by atoms with Gasteiger partial charge in [0, 0.05) is 21.8 Å². The Labute approximate surface area is 131 Å². The maximum absolute atomic E-state index is 11.5. The summed E-state index contributed by atoms with van der Waals surface area (Å²) in [5, 5.41) is 13.8. The number of aromatic carboxylic acids is 1. The Hall–Kier alpha value is -2.53. The molecule has 0 amide bonds. The standard InChI is InChI=1S/C17H12N2O2S/c20-17(21)15-13-10-22-14-9-5-4-8-12(14)16(13)19(18-15)11-6-2-1-3-7-11/h1-9H,10H2,(H,20,21). The molecule has 4 nitrogen and oxygen atoms in total. The third kappa shape index (κ3) is 1.94. The van der Waals surface area contributed by atoms with Gasteiger partial charge < -0.3 is 5.11 Å². The van der Waals surface area contributed by atoms with Gasteiger partial charge in [-0.15, -0.1) is 11.8 Å². The van der Waals surface area contributed by atoms with Gasteiger partial charge in [0.05, 0.1) is 11.4 Å². The Morgan fingerprint density at radius 2 is 1.82 bits per heavy atom. The molecule has 3 aromatic rings. The molecule has 0 fully saturated rings. The highest BCUT2D eigenvalue weighted by Gasteiger charge is 2.28. The lowest BCUT2D eigenvalue weighted by atomic mass is 10.1. The van der Waals surface area contributed by atoms with Crippen molar-refractivity contribution in [3.63, 3.8) is 0 Å². The van der Waals surface area contributed by atoms with Crippen LogP contribution in [0.25, 0.3) is 16.9 Å². The van der Waals surface area contributed by atoms with E-state index < -0.39 is 5.97 Å². The highest BCUT2D eigenvalue weighted by molar-refractivity contribution is 7.98. The number of carboxylic acids is 1. The van der Waals surface area contributed by atoms with Gasteiger partial charge in [0.1, 0.15) is 0 Å². The van der Waals surface area contributed by atoms with Gasteiger partial charge in [-0.1, -0.05) is 36.4 Å². The summed E-state index contributed by atoms with van der Waals surface area (Å²) in [7, 11) is 0. The van der Waals surface area contributed by atoms with Gasteiger partial charge >= 0.3 is 5.97 Å². The van der Waals surface area contributed by atoms with Crippen LogP contribution in [-0.2, 0) is 5.75 Å². The number of benzene rings is 2. The lowest BCUT2D eigenvalue weighted by Crippen LogP contribution is -2.02. The summed E-state index contributed by atoms with van der Waals surface area (Å²) in [6.07, 6.45) is 0. The smallest absolute Gasteiger partial charge is 0.356 e. The van der Waals surface area contributed by atoms with E-state index in [2.05, 4.69) is 11.2 Å². The van der Waals surface area contributed by atoms with Crippen molar-refractivity contribution in [2.75, 3.05) is 0 Å². The molecule has 0 unspecified atom stereocenters. The van der Waals surface area contributed by atoms with Crippen molar-refractivity contribution in [1.82, 2.24) is 9.78 Å². The Kier molecular flexibility index (Phi) is 3.01. The molecule has 1 N–H and O–H groups in total. The van der Waals surface area contributed by atoms with Gasteiger partial charge in [-0.3, -0.25) is 0 Å². The molecule has 108 valence electrons. The summed E-state index contributed by atoms with van der Waals surface area (Å²) in [4.78, 5) is 12.7. The van der Waals surface area contributed by atoms with Gasteiger partial charge in [-0.25, -0.2) is 9.48 Å². The fourth-order valence-electron chi connectivity index (χ4n) is 2.73. The van der Waals surface area contributed by atoms with Crippen molar-refractivity contribution >= 4 is 17.7 Å². The van der Waals surface area contributed by atoms with Crippen LogP contribution >= 0.6 is 11.8 Å². The third-order valence-corrected chi connectivity index (χ3v) is 4.80. The van der Waals surface area contributed by atoms with Gasteiger partial charge in [-0.05, 0) is 18.2 Å². The van der Waals surface area contributed by atoms with Crippen LogP contribution in [0.2, 0.25) is 0 Å². The molecule has 22 heavy (non-hydrogen) atoms. The molecule has 0 saturated carbocycles. The highest BCUT2D eigenvalue weighted by Crippen LogP contribution is 2.43. The van der Waals surface area contributed by atoms with Crippen molar-refractivity contribution in [2.45, 2.75) is 10.6 Å². The van der Waals surface area contributed by atoms with Crippen LogP contribution in [0, 0.1) is 0 Å². The molecular formula is C17H12N2O2S. The Balaban J connectivity index is 2.04. The molecule has 0 radical (unpaired) electrons. The first kappa shape index (κ1) is 13.2. The van der Waals surface area contributed by atoms with Crippen LogP contribution in [0.3, 0.4) is 0 Å². The quantitative estimate of drug-likeness (QED) is 0.781. The number of fused-ring (bicyclic) bond motifs is 3. The Bertz CT molecular complexity index is 872. The van der Waals surface area contributed by atoms with E-state index in [9.17, 15) is 9.90 Å². The molecule has 0 aliphatic carbocycles. The number of nitrogens with zero attached hydrogens (tertiary/aromatic N) is 2. The first-order valence-electron chi connectivity index (χ1n) is 6.88. The molecule has 0 bridgehead atoms. The molecule has 2 heterocycles. The zero-order chi connectivity index (χ0) is 15.1. The number of carboxylic acid groups (broad SMARTS) is 1. The third-order valence-electron chi connectivity index (χ3n) is 3.70. The lowest BCUT2D eigenvalue weighted by molar-refractivity contribution is 0.0689. The van der Waals surface area contributed by atoms with E-state index in [1.54, 1.807) is 16.4 Å². The average molecular weight is 308 g/mol. The van der Waals surface area contributed by atoms with Crippen LogP contribution in [0.4, 0.5) is 0 Å². The van der Waals surface area contributed by atoms with Crippen molar-refractivity contribution in [1.29, 1.82) is 0 Å². The first-order valence-corrected chi connectivity index (χ1v) is 7.87. The predicted octanol–water partition coefficient (Wildman–Crippen LogP) is 3.84. The van der Waals surface area contributed by atoms with E-state index in [0.717, 1.165) is 27.4 Å². The number of hydrogen-bond acceptors (Lipinski definition) is 3. The fourth-order valence-corrected chi connectivity index (χ4v) is 3.80. The molecule has 5 heteroatoms. The van der Waals surface area contributed by atoms with Crippen molar-refractivity contribution in [2.24, 2.45) is 0 Å². The molecule has 1 aromatic heterocycles. The molecular weight excluding hydrogens is 296 g/mol. The zero-order valence-electron chi connectivity index (χ0n) is 11.6. The van der Waals surface area contributed by atoms with Gasteiger partial charge in [0.25, 0.3) is 0 Å². The number of thioether (sulfide) groups is 1. The van der Waals surface area contributed by atoms with E-state index in [1.165, 1.54) is 0 Å². The normalized spacial score (nSPS) is 12.5. The minimum Gasteiger partial charge on any atom is -0.476 e. The lowest BCUT2D eigenvalue weighted by Gasteiger charge is -2.17. The average Bonchev–Trinajstić information content (AvgIpc) is 2.96. The summed E-state index contributed by atoms with van der Waals surface area (Å²) in [6, 6.07) is 17.7. The summed E-state index contributed by atoms with van der Waals surface area (Å²) in [5.41, 5.74) is 3.73. The Morgan fingerprint density at radius 3 is 2.59 bits per heavy atom. The van der Waals surface area contributed by atoms with E-state index in [1.807, 2.05) is 48.5 Å².